The largest absolute Gasteiger partial charge is 0.481 e. The summed E-state index contributed by atoms with van der Waals surface area (Å²) in [5, 5.41) is 8.98. The first-order chi connectivity index (χ1) is 9.49. The highest BCUT2D eigenvalue weighted by Crippen LogP contribution is 2.23. The van der Waals surface area contributed by atoms with E-state index in [1.807, 2.05) is 0 Å². The number of halogens is 2. The second-order valence-electron chi connectivity index (χ2n) is 4.08. The number of thioether (sulfide) groups is 1. The molecule has 0 saturated carbocycles. The molecule has 0 aromatic heterocycles. The summed E-state index contributed by atoms with van der Waals surface area (Å²) in [6.45, 7) is -0.386. The van der Waals surface area contributed by atoms with Crippen molar-refractivity contribution in [3.05, 3.63) is 28.5 Å². The zero-order valence-corrected chi connectivity index (χ0v) is 12.6. The Kier molecular flexibility index (Phi) is 4.87. The van der Waals surface area contributed by atoms with Crippen LogP contribution in [0.2, 0.25) is 0 Å². The number of carboxylic acid groups (broad SMARTS) is 1. The van der Waals surface area contributed by atoms with Crippen molar-refractivity contribution < 1.29 is 23.8 Å². The standard InChI is InChI=1S/C12H11BrFNO4S/c13-7-1-2-10(8(14)3-7)19-4-11(16)15-6-20-5-9(15)12(17)18/h1-3,9H,4-6H2,(H,17,18)/t9-/m0/s1. The number of carbonyl (C=O) groups is 2. The fourth-order valence-corrected chi connectivity index (χ4v) is 3.21. The third kappa shape index (κ3) is 3.43. The van der Waals surface area contributed by atoms with Crippen LogP contribution in [0.15, 0.2) is 22.7 Å². The zero-order valence-electron chi connectivity index (χ0n) is 10.2. The first kappa shape index (κ1) is 15.1. The van der Waals surface area contributed by atoms with Crippen LogP contribution in [0.25, 0.3) is 0 Å². The molecule has 1 saturated heterocycles. The number of aliphatic carboxylic acids is 1. The van der Waals surface area contributed by atoms with Crippen molar-refractivity contribution in [3.8, 4) is 5.75 Å². The van der Waals surface area contributed by atoms with Gasteiger partial charge in [-0.15, -0.1) is 11.8 Å². The van der Waals surface area contributed by atoms with Gasteiger partial charge in [-0.25, -0.2) is 9.18 Å². The van der Waals surface area contributed by atoms with Gasteiger partial charge in [0.05, 0.1) is 5.88 Å². The van der Waals surface area contributed by atoms with E-state index in [1.165, 1.54) is 28.8 Å². The van der Waals surface area contributed by atoms with Gasteiger partial charge in [-0.05, 0) is 18.2 Å². The summed E-state index contributed by atoms with van der Waals surface area (Å²) in [5.74, 6) is -1.48. The first-order valence-electron chi connectivity index (χ1n) is 5.67. The third-order valence-corrected chi connectivity index (χ3v) is 4.24. The Balaban J connectivity index is 1.96. The summed E-state index contributed by atoms with van der Waals surface area (Å²) < 4.78 is 19.2. The van der Waals surface area contributed by atoms with E-state index in [0.29, 0.717) is 16.1 Å². The minimum absolute atomic E-state index is 0.0414. The molecule has 1 aromatic carbocycles. The maximum Gasteiger partial charge on any atom is 0.327 e. The van der Waals surface area contributed by atoms with E-state index in [0.717, 1.165) is 0 Å². The Labute approximate surface area is 127 Å². The van der Waals surface area contributed by atoms with E-state index >= 15 is 0 Å². The van der Waals surface area contributed by atoms with Gasteiger partial charge < -0.3 is 14.7 Å². The number of rotatable bonds is 4. The second-order valence-corrected chi connectivity index (χ2v) is 6.00. The molecule has 1 aromatic rings. The molecule has 20 heavy (non-hydrogen) atoms. The van der Waals surface area contributed by atoms with E-state index in [4.69, 9.17) is 9.84 Å². The summed E-state index contributed by atoms with van der Waals surface area (Å²) in [4.78, 5) is 24.1. The Hall–Kier alpha value is -1.28. The van der Waals surface area contributed by atoms with Crippen molar-refractivity contribution in [3.63, 3.8) is 0 Å². The molecule has 1 heterocycles. The molecule has 0 radical (unpaired) electrons. The molecule has 0 aliphatic carbocycles. The van der Waals surface area contributed by atoms with Gasteiger partial charge in [0, 0.05) is 10.2 Å². The van der Waals surface area contributed by atoms with Gasteiger partial charge in [0.2, 0.25) is 0 Å². The number of carbonyl (C=O) groups excluding carboxylic acids is 1. The van der Waals surface area contributed by atoms with Crippen molar-refractivity contribution in [2.75, 3.05) is 18.2 Å². The smallest absolute Gasteiger partial charge is 0.327 e. The lowest BCUT2D eigenvalue weighted by molar-refractivity contribution is -0.148. The fraction of sp³-hybridized carbons (Fsp3) is 0.333. The normalized spacial score (nSPS) is 18.1. The van der Waals surface area contributed by atoms with Crippen LogP contribution < -0.4 is 4.74 Å². The molecule has 0 bridgehead atoms. The molecule has 0 spiro atoms. The summed E-state index contributed by atoms with van der Waals surface area (Å²) in [7, 11) is 0. The lowest BCUT2D eigenvalue weighted by Crippen LogP contribution is -2.43. The highest BCUT2D eigenvalue weighted by molar-refractivity contribution is 9.10. The van der Waals surface area contributed by atoms with Gasteiger partial charge in [0.25, 0.3) is 5.91 Å². The minimum Gasteiger partial charge on any atom is -0.481 e. The monoisotopic (exact) mass is 363 g/mol. The van der Waals surface area contributed by atoms with Gasteiger partial charge in [0.1, 0.15) is 6.04 Å². The van der Waals surface area contributed by atoms with Gasteiger partial charge in [-0.3, -0.25) is 4.79 Å². The Bertz CT molecular complexity index is 542. The topological polar surface area (TPSA) is 66.8 Å². The number of nitrogens with zero attached hydrogens (tertiary/aromatic N) is 1. The summed E-state index contributed by atoms with van der Waals surface area (Å²) in [5.41, 5.74) is 0. The van der Waals surface area contributed by atoms with Crippen molar-refractivity contribution in [2.24, 2.45) is 0 Å². The predicted octanol–water partition coefficient (Wildman–Crippen LogP) is 1.95. The quantitative estimate of drug-likeness (QED) is 0.885. The molecule has 2 rings (SSSR count). The molecule has 1 aliphatic rings. The lowest BCUT2D eigenvalue weighted by Gasteiger charge is -2.20. The maximum atomic E-state index is 13.5. The van der Waals surface area contributed by atoms with E-state index in [-0.39, 0.29) is 12.4 Å². The maximum absolute atomic E-state index is 13.5. The van der Waals surface area contributed by atoms with E-state index in [9.17, 15) is 14.0 Å². The van der Waals surface area contributed by atoms with Crippen molar-refractivity contribution >= 4 is 39.6 Å². The average molecular weight is 364 g/mol. The summed E-state index contributed by atoms with van der Waals surface area (Å²) >= 11 is 4.48. The molecule has 1 N–H and O–H groups in total. The second kappa shape index (κ2) is 6.45. The minimum atomic E-state index is -1.04. The molecule has 108 valence electrons. The van der Waals surface area contributed by atoms with Crippen LogP contribution in [-0.2, 0) is 9.59 Å². The fourth-order valence-electron chi connectivity index (χ4n) is 1.71. The first-order valence-corrected chi connectivity index (χ1v) is 7.61. The highest BCUT2D eigenvalue weighted by Gasteiger charge is 2.34. The van der Waals surface area contributed by atoms with Crippen molar-refractivity contribution in [2.45, 2.75) is 6.04 Å². The molecule has 0 unspecified atom stereocenters. The van der Waals surface area contributed by atoms with E-state index in [2.05, 4.69) is 15.9 Å². The molecular weight excluding hydrogens is 353 g/mol. The third-order valence-electron chi connectivity index (χ3n) is 2.73. The zero-order chi connectivity index (χ0) is 14.7. The van der Waals surface area contributed by atoms with Crippen molar-refractivity contribution in [1.29, 1.82) is 0 Å². The van der Waals surface area contributed by atoms with Crippen LogP contribution in [0.5, 0.6) is 5.75 Å². The lowest BCUT2D eigenvalue weighted by atomic mass is 10.3. The van der Waals surface area contributed by atoms with Crippen LogP contribution in [-0.4, -0.2) is 46.2 Å². The summed E-state index contributed by atoms with van der Waals surface area (Å²) in [6, 6.07) is 3.38. The Morgan fingerprint density at radius 1 is 1.55 bits per heavy atom. The van der Waals surface area contributed by atoms with Gasteiger partial charge >= 0.3 is 5.97 Å². The predicted molar refractivity (Wildman–Crippen MR) is 75.2 cm³/mol. The number of amides is 1. The Morgan fingerprint density at radius 2 is 2.30 bits per heavy atom. The van der Waals surface area contributed by atoms with Crippen LogP contribution >= 0.6 is 27.7 Å². The Morgan fingerprint density at radius 3 is 2.95 bits per heavy atom. The highest BCUT2D eigenvalue weighted by atomic mass is 79.9. The molecule has 1 aliphatic heterocycles. The number of hydrogen-bond acceptors (Lipinski definition) is 4. The molecule has 1 atom stereocenters. The van der Waals surface area contributed by atoms with Crippen LogP contribution in [0, 0.1) is 5.82 Å². The number of hydrogen-bond donors (Lipinski definition) is 1. The SMILES string of the molecule is O=C(O)[C@@H]1CSCN1C(=O)COc1ccc(Br)cc1F. The van der Waals surface area contributed by atoms with Crippen molar-refractivity contribution in [1.82, 2.24) is 4.90 Å². The average Bonchev–Trinajstić information content (AvgIpc) is 2.86. The molecule has 5 nitrogen and oxygen atoms in total. The van der Waals surface area contributed by atoms with Gasteiger partial charge in [0.15, 0.2) is 18.2 Å². The molecule has 8 heteroatoms. The number of carboxylic acids is 1. The van der Waals surface area contributed by atoms with Crippen LogP contribution in [0.1, 0.15) is 0 Å². The number of benzene rings is 1. The molecule has 1 fully saturated rings. The van der Waals surface area contributed by atoms with Crippen LogP contribution in [0.3, 0.4) is 0 Å². The van der Waals surface area contributed by atoms with Crippen LogP contribution in [0.4, 0.5) is 4.39 Å². The molecule has 1 amide bonds. The van der Waals surface area contributed by atoms with E-state index in [1.54, 1.807) is 6.07 Å². The van der Waals surface area contributed by atoms with Gasteiger partial charge in [-0.2, -0.15) is 0 Å². The molecular formula is C12H11BrFNO4S. The number of ether oxygens (including phenoxy) is 1. The summed E-state index contributed by atoms with van der Waals surface area (Å²) in [6.07, 6.45) is 0. The van der Waals surface area contributed by atoms with Gasteiger partial charge in [-0.1, -0.05) is 15.9 Å². The van der Waals surface area contributed by atoms with E-state index < -0.39 is 23.7 Å².